The van der Waals surface area contributed by atoms with Crippen LogP contribution in [0.5, 0.6) is 0 Å². The molecular weight excluding hydrogens is 317 g/mol. The van der Waals surface area contributed by atoms with Crippen molar-refractivity contribution in [2.24, 2.45) is 0 Å². The van der Waals surface area contributed by atoms with E-state index in [0.717, 1.165) is 17.1 Å². The first-order valence-electron chi connectivity index (χ1n) is 8.02. The highest BCUT2D eigenvalue weighted by molar-refractivity contribution is 6.12. The number of nitrogens with zero attached hydrogens (tertiary/aromatic N) is 2. The van der Waals surface area contributed by atoms with E-state index in [9.17, 15) is 9.18 Å². The molecule has 1 N–H and O–H groups in total. The van der Waals surface area contributed by atoms with Crippen LogP contribution >= 0.6 is 0 Å². The van der Waals surface area contributed by atoms with Crippen LogP contribution in [-0.4, -0.2) is 10.9 Å². The third-order valence-electron chi connectivity index (χ3n) is 4.22. The summed E-state index contributed by atoms with van der Waals surface area (Å²) in [5.74, 6) is -0.485. The number of amides is 1. The number of fused-ring (bicyclic) bond motifs is 1. The molecule has 0 fully saturated rings. The molecule has 1 atom stereocenters. The monoisotopic (exact) mass is 333 g/mol. The van der Waals surface area contributed by atoms with Crippen LogP contribution in [0.2, 0.25) is 0 Å². The number of benzene rings is 2. The highest BCUT2D eigenvalue weighted by atomic mass is 19.1. The molecule has 1 amide bonds. The topological polar surface area (TPSA) is 45.2 Å². The predicted octanol–water partition coefficient (Wildman–Crippen LogP) is 4.30. The fourth-order valence-electron chi connectivity index (χ4n) is 3.04. The van der Waals surface area contributed by atoms with Gasteiger partial charge in [0.15, 0.2) is 6.17 Å². The Hall–Kier alpha value is -3.21. The zero-order valence-corrected chi connectivity index (χ0v) is 13.6. The largest absolute Gasteiger partial charge is 0.359 e. The van der Waals surface area contributed by atoms with Crippen LogP contribution in [0, 0.1) is 12.7 Å². The number of halogens is 1. The number of nitrogens with one attached hydrogen (secondary N) is 1. The molecule has 0 unspecified atom stereocenters. The lowest BCUT2D eigenvalue weighted by Gasteiger charge is -2.37. The van der Waals surface area contributed by atoms with E-state index < -0.39 is 6.17 Å². The molecule has 0 aliphatic carbocycles. The second-order valence-electron chi connectivity index (χ2n) is 5.95. The average Bonchev–Trinajstić information content (AvgIpc) is 2.63. The number of aromatic nitrogens is 1. The highest BCUT2D eigenvalue weighted by Crippen LogP contribution is 2.36. The number of aryl methyl sites for hydroxylation is 1. The number of rotatable bonds is 2. The smallest absolute Gasteiger partial charge is 0.262 e. The first-order valence-corrected chi connectivity index (χ1v) is 8.02. The van der Waals surface area contributed by atoms with Gasteiger partial charge in [-0.1, -0.05) is 18.2 Å². The summed E-state index contributed by atoms with van der Waals surface area (Å²) in [6.07, 6.45) is -0.465. The SMILES string of the molecule is Cc1cccc([C@@H]2Nc3ccccc3C(=O)N2c2ccc(F)cc2)n1. The lowest BCUT2D eigenvalue weighted by Crippen LogP contribution is -2.43. The van der Waals surface area contributed by atoms with E-state index in [1.807, 2.05) is 43.3 Å². The number of para-hydroxylation sites is 1. The minimum atomic E-state index is -0.465. The minimum absolute atomic E-state index is 0.144. The van der Waals surface area contributed by atoms with Gasteiger partial charge in [0, 0.05) is 17.1 Å². The number of hydrogen-bond acceptors (Lipinski definition) is 3. The molecule has 1 aliphatic rings. The lowest BCUT2D eigenvalue weighted by molar-refractivity contribution is 0.0974. The molecular formula is C20H16FN3O. The van der Waals surface area contributed by atoms with Crippen molar-refractivity contribution in [2.45, 2.75) is 13.1 Å². The van der Waals surface area contributed by atoms with E-state index in [0.29, 0.717) is 11.3 Å². The zero-order chi connectivity index (χ0) is 17.4. The summed E-state index contributed by atoms with van der Waals surface area (Å²) < 4.78 is 13.3. The van der Waals surface area contributed by atoms with E-state index in [4.69, 9.17) is 0 Å². The van der Waals surface area contributed by atoms with Crippen molar-refractivity contribution in [3.63, 3.8) is 0 Å². The fourth-order valence-corrected chi connectivity index (χ4v) is 3.04. The molecule has 124 valence electrons. The number of pyridine rings is 1. The Labute approximate surface area is 144 Å². The van der Waals surface area contributed by atoms with E-state index in [1.165, 1.54) is 12.1 Å². The summed E-state index contributed by atoms with van der Waals surface area (Å²) >= 11 is 0. The molecule has 1 aromatic heterocycles. The Morgan fingerprint density at radius 1 is 1.00 bits per heavy atom. The first-order chi connectivity index (χ1) is 12.1. The molecule has 0 saturated heterocycles. The summed E-state index contributed by atoms with van der Waals surface area (Å²) in [5, 5.41) is 3.38. The van der Waals surface area contributed by atoms with Gasteiger partial charge in [0.25, 0.3) is 5.91 Å². The van der Waals surface area contributed by atoms with Crippen LogP contribution < -0.4 is 10.2 Å². The van der Waals surface area contributed by atoms with Crippen molar-refractivity contribution in [1.29, 1.82) is 0 Å². The molecule has 1 aliphatic heterocycles. The van der Waals surface area contributed by atoms with Gasteiger partial charge in [0.05, 0.1) is 11.3 Å². The Morgan fingerprint density at radius 3 is 2.52 bits per heavy atom. The van der Waals surface area contributed by atoms with Crippen LogP contribution in [0.1, 0.15) is 27.9 Å². The molecule has 2 heterocycles. The number of hydrogen-bond donors (Lipinski definition) is 1. The average molecular weight is 333 g/mol. The predicted molar refractivity (Wildman–Crippen MR) is 95.0 cm³/mol. The Balaban J connectivity index is 1.87. The van der Waals surface area contributed by atoms with Crippen molar-refractivity contribution in [3.8, 4) is 0 Å². The molecule has 0 spiro atoms. The summed E-state index contributed by atoms with van der Waals surface area (Å²) in [7, 11) is 0. The lowest BCUT2D eigenvalue weighted by atomic mass is 10.0. The Kier molecular flexibility index (Phi) is 3.69. The standard InChI is InChI=1S/C20H16FN3O/c1-13-5-4-8-18(22-13)19-23-17-7-3-2-6-16(17)20(25)24(19)15-11-9-14(21)10-12-15/h2-12,19,23H,1H3/t19-/m1/s1. The van der Waals surface area contributed by atoms with Gasteiger partial charge in [-0.15, -0.1) is 0 Å². The number of carbonyl (C=O) groups excluding carboxylic acids is 1. The molecule has 4 nitrogen and oxygen atoms in total. The van der Waals surface area contributed by atoms with Crippen LogP contribution in [0.3, 0.4) is 0 Å². The summed E-state index contributed by atoms with van der Waals surface area (Å²) in [4.78, 5) is 19.3. The molecule has 4 rings (SSSR count). The van der Waals surface area contributed by atoms with Gasteiger partial charge in [-0.3, -0.25) is 14.7 Å². The highest BCUT2D eigenvalue weighted by Gasteiger charge is 2.34. The van der Waals surface area contributed by atoms with Gasteiger partial charge >= 0.3 is 0 Å². The van der Waals surface area contributed by atoms with Gasteiger partial charge < -0.3 is 5.32 Å². The summed E-state index contributed by atoms with van der Waals surface area (Å²) in [5.41, 5.74) is 3.55. The van der Waals surface area contributed by atoms with Crippen molar-refractivity contribution < 1.29 is 9.18 Å². The molecule has 3 aromatic rings. The first kappa shape index (κ1) is 15.3. The molecule has 2 aromatic carbocycles. The zero-order valence-electron chi connectivity index (χ0n) is 13.6. The molecule has 0 saturated carbocycles. The number of anilines is 2. The fraction of sp³-hybridized carbons (Fsp3) is 0.100. The Morgan fingerprint density at radius 2 is 1.76 bits per heavy atom. The summed E-state index contributed by atoms with van der Waals surface area (Å²) in [6, 6.07) is 19.0. The maximum atomic E-state index is 13.3. The third-order valence-corrected chi connectivity index (χ3v) is 4.22. The quantitative estimate of drug-likeness (QED) is 0.760. The Bertz CT molecular complexity index is 940. The van der Waals surface area contributed by atoms with Crippen LogP contribution in [-0.2, 0) is 0 Å². The molecule has 0 radical (unpaired) electrons. The van der Waals surface area contributed by atoms with E-state index in [1.54, 1.807) is 23.1 Å². The van der Waals surface area contributed by atoms with Crippen LogP contribution in [0.15, 0.2) is 66.7 Å². The van der Waals surface area contributed by atoms with Crippen molar-refractivity contribution in [3.05, 3.63) is 89.5 Å². The molecule has 5 heteroatoms. The van der Waals surface area contributed by atoms with Gasteiger partial charge in [0.1, 0.15) is 5.82 Å². The van der Waals surface area contributed by atoms with E-state index in [2.05, 4.69) is 10.3 Å². The van der Waals surface area contributed by atoms with Gasteiger partial charge in [-0.05, 0) is 55.5 Å². The van der Waals surface area contributed by atoms with Gasteiger partial charge in [-0.2, -0.15) is 0 Å². The maximum absolute atomic E-state index is 13.3. The molecule has 25 heavy (non-hydrogen) atoms. The third kappa shape index (κ3) is 2.74. The van der Waals surface area contributed by atoms with Gasteiger partial charge in [-0.25, -0.2) is 4.39 Å². The van der Waals surface area contributed by atoms with Crippen molar-refractivity contribution >= 4 is 17.3 Å². The number of carbonyl (C=O) groups is 1. The van der Waals surface area contributed by atoms with Crippen molar-refractivity contribution in [2.75, 3.05) is 10.2 Å². The van der Waals surface area contributed by atoms with E-state index >= 15 is 0 Å². The second-order valence-corrected chi connectivity index (χ2v) is 5.95. The second kappa shape index (κ2) is 6.02. The molecule has 0 bridgehead atoms. The van der Waals surface area contributed by atoms with E-state index in [-0.39, 0.29) is 11.7 Å². The van der Waals surface area contributed by atoms with Crippen LogP contribution in [0.4, 0.5) is 15.8 Å². The van der Waals surface area contributed by atoms with Crippen molar-refractivity contribution in [1.82, 2.24) is 4.98 Å². The van der Waals surface area contributed by atoms with Gasteiger partial charge in [0.2, 0.25) is 0 Å². The van der Waals surface area contributed by atoms with Crippen LogP contribution in [0.25, 0.3) is 0 Å². The maximum Gasteiger partial charge on any atom is 0.262 e. The summed E-state index contributed by atoms with van der Waals surface area (Å²) in [6.45, 7) is 1.91. The minimum Gasteiger partial charge on any atom is -0.359 e. The normalized spacial score (nSPS) is 16.3.